The quantitative estimate of drug-likeness (QED) is 0.549. The van der Waals surface area contributed by atoms with Gasteiger partial charge in [-0.2, -0.15) is 0 Å². The predicted octanol–water partition coefficient (Wildman–Crippen LogP) is 3.79. The molecule has 23 heavy (non-hydrogen) atoms. The summed E-state index contributed by atoms with van der Waals surface area (Å²) in [5.41, 5.74) is 1.67. The first kappa shape index (κ1) is 16.7. The molecule has 2 aromatic rings. The van der Waals surface area contributed by atoms with Gasteiger partial charge in [-0.05, 0) is 24.1 Å². The van der Waals surface area contributed by atoms with Gasteiger partial charge in [-0.1, -0.05) is 42.5 Å². The molecule has 0 bridgehead atoms. The van der Waals surface area contributed by atoms with Crippen molar-refractivity contribution in [3.8, 4) is 5.75 Å². The first-order valence-corrected chi connectivity index (χ1v) is 7.56. The Morgan fingerprint density at radius 3 is 2.48 bits per heavy atom. The Bertz CT molecular complexity index is 649. The van der Waals surface area contributed by atoms with Crippen LogP contribution in [-0.4, -0.2) is 18.9 Å². The summed E-state index contributed by atoms with van der Waals surface area (Å²) >= 11 is 0. The summed E-state index contributed by atoms with van der Waals surface area (Å²) in [6.07, 6.45) is 1.06. The Labute approximate surface area is 136 Å². The number of rotatable bonds is 8. The van der Waals surface area contributed by atoms with Crippen LogP contribution in [0.5, 0.6) is 5.75 Å². The maximum Gasteiger partial charge on any atom is 0.305 e. The van der Waals surface area contributed by atoms with E-state index in [0.717, 1.165) is 5.56 Å². The van der Waals surface area contributed by atoms with Crippen LogP contribution in [0.1, 0.15) is 35.2 Å². The third-order valence-electron chi connectivity index (χ3n) is 3.42. The second-order valence-electron chi connectivity index (χ2n) is 5.15. The van der Waals surface area contributed by atoms with Crippen LogP contribution in [0.15, 0.2) is 54.6 Å². The van der Waals surface area contributed by atoms with Crippen molar-refractivity contribution in [3.05, 3.63) is 65.7 Å². The normalized spacial score (nSPS) is 10.1. The minimum atomic E-state index is -0.294. The molecule has 0 amide bonds. The van der Waals surface area contributed by atoms with Crippen LogP contribution < -0.4 is 4.74 Å². The lowest BCUT2D eigenvalue weighted by atomic mass is 10.1. The number of esters is 1. The van der Waals surface area contributed by atoms with E-state index in [2.05, 4.69) is 4.74 Å². The van der Waals surface area contributed by atoms with Crippen LogP contribution in [0, 0.1) is 0 Å². The van der Waals surface area contributed by atoms with Crippen molar-refractivity contribution in [1.29, 1.82) is 0 Å². The number of benzene rings is 2. The van der Waals surface area contributed by atoms with Crippen molar-refractivity contribution >= 4 is 11.8 Å². The van der Waals surface area contributed by atoms with Gasteiger partial charge in [-0.25, -0.2) is 0 Å². The van der Waals surface area contributed by atoms with E-state index in [0.29, 0.717) is 30.8 Å². The number of hydrogen-bond donors (Lipinski definition) is 0. The number of Topliss-reactive ketones (excluding diaryl/α,β-unsaturated/α-hetero) is 1. The van der Waals surface area contributed by atoms with Crippen LogP contribution in [0.25, 0.3) is 0 Å². The average Bonchev–Trinajstić information content (AvgIpc) is 2.60. The van der Waals surface area contributed by atoms with Gasteiger partial charge >= 0.3 is 5.97 Å². The minimum Gasteiger partial charge on any atom is -0.489 e. The van der Waals surface area contributed by atoms with Crippen molar-refractivity contribution in [2.75, 3.05) is 7.11 Å². The molecule has 4 heteroatoms. The van der Waals surface area contributed by atoms with E-state index < -0.39 is 0 Å². The highest BCUT2D eigenvalue weighted by atomic mass is 16.5. The molecule has 0 aromatic heterocycles. The smallest absolute Gasteiger partial charge is 0.305 e. The summed E-state index contributed by atoms with van der Waals surface area (Å²) in [7, 11) is 1.34. The molecular weight excluding hydrogens is 292 g/mol. The zero-order valence-corrected chi connectivity index (χ0v) is 13.2. The molecule has 0 aliphatic heterocycles. The molecule has 0 aliphatic carbocycles. The Morgan fingerprint density at radius 1 is 0.957 bits per heavy atom. The van der Waals surface area contributed by atoms with Crippen LogP contribution in [-0.2, 0) is 16.1 Å². The summed E-state index contributed by atoms with van der Waals surface area (Å²) < 4.78 is 10.3. The maximum absolute atomic E-state index is 12.1. The Morgan fingerprint density at radius 2 is 1.74 bits per heavy atom. The molecule has 0 aliphatic rings. The number of hydrogen-bond acceptors (Lipinski definition) is 4. The predicted molar refractivity (Wildman–Crippen MR) is 87.4 cm³/mol. The molecule has 2 rings (SSSR count). The molecule has 0 saturated heterocycles. The zero-order chi connectivity index (χ0) is 16.5. The number of carbonyl (C=O) groups excluding carboxylic acids is 2. The minimum absolute atomic E-state index is 0.000867. The molecule has 0 atom stereocenters. The van der Waals surface area contributed by atoms with Crippen LogP contribution in [0.4, 0.5) is 0 Å². The molecule has 0 spiro atoms. The first-order valence-electron chi connectivity index (χ1n) is 7.56. The average molecular weight is 312 g/mol. The topological polar surface area (TPSA) is 52.6 Å². The van der Waals surface area contributed by atoms with Gasteiger partial charge in [0.15, 0.2) is 5.78 Å². The highest BCUT2D eigenvalue weighted by Gasteiger charge is 2.09. The molecule has 0 fully saturated rings. The molecule has 0 heterocycles. The fourth-order valence-electron chi connectivity index (χ4n) is 2.14. The van der Waals surface area contributed by atoms with E-state index in [4.69, 9.17) is 4.74 Å². The summed E-state index contributed by atoms with van der Waals surface area (Å²) in [4.78, 5) is 23.2. The first-order chi connectivity index (χ1) is 11.2. The van der Waals surface area contributed by atoms with Crippen LogP contribution >= 0.6 is 0 Å². The van der Waals surface area contributed by atoms with Crippen LogP contribution in [0.3, 0.4) is 0 Å². The maximum atomic E-state index is 12.1. The van der Waals surface area contributed by atoms with E-state index in [9.17, 15) is 9.59 Å². The zero-order valence-electron chi connectivity index (χ0n) is 13.2. The van der Waals surface area contributed by atoms with E-state index in [1.807, 2.05) is 36.4 Å². The van der Waals surface area contributed by atoms with Gasteiger partial charge in [0.05, 0.1) is 7.11 Å². The van der Waals surface area contributed by atoms with Crippen molar-refractivity contribution in [2.24, 2.45) is 0 Å². The lowest BCUT2D eigenvalue weighted by Gasteiger charge is -2.08. The molecule has 2 aromatic carbocycles. The second kappa shape index (κ2) is 8.73. The number of ether oxygens (including phenoxy) is 2. The summed E-state index contributed by atoms with van der Waals surface area (Å²) in [5.74, 6) is 0.365. The molecule has 0 unspecified atom stereocenters. The fourth-order valence-corrected chi connectivity index (χ4v) is 2.14. The van der Waals surface area contributed by atoms with Gasteiger partial charge in [0, 0.05) is 18.4 Å². The van der Waals surface area contributed by atoms with Gasteiger partial charge in [0.1, 0.15) is 12.4 Å². The van der Waals surface area contributed by atoms with Crippen molar-refractivity contribution in [3.63, 3.8) is 0 Å². The summed E-state index contributed by atoms with van der Waals surface area (Å²) in [5, 5.41) is 0. The van der Waals surface area contributed by atoms with Crippen LogP contribution in [0.2, 0.25) is 0 Å². The van der Waals surface area contributed by atoms with Gasteiger partial charge < -0.3 is 9.47 Å². The highest BCUT2D eigenvalue weighted by Crippen LogP contribution is 2.17. The van der Waals surface area contributed by atoms with Crippen molar-refractivity contribution in [1.82, 2.24) is 0 Å². The van der Waals surface area contributed by atoms with E-state index in [-0.39, 0.29) is 18.2 Å². The second-order valence-corrected chi connectivity index (χ2v) is 5.15. The van der Waals surface area contributed by atoms with Gasteiger partial charge in [-0.15, -0.1) is 0 Å². The number of carbonyl (C=O) groups is 2. The van der Waals surface area contributed by atoms with E-state index in [1.54, 1.807) is 18.2 Å². The third-order valence-corrected chi connectivity index (χ3v) is 3.42. The molecule has 0 saturated carbocycles. The Kier molecular flexibility index (Phi) is 6.36. The highest BCUT2D eigenvalue weighted by molar-refractivity contribution is 5.96. The molecule has 0 N–H and O–H groups in total. The van der Waals surface area contributed by atoms with E-state index in [1.165, 1.54) is 7.11 Å². The number of ketones is 1. The summed E-state index contributed by atoms with van der Waals surface area (Å²) in [6.45, 7) is 0.459. The van der Waals surface area contributed by atoms with Crippen molar-refractivity contribution < 1.29 is 19.1 Å². The van der Waals surface area contributed by atoms with Crippen molar-refractivity contribution in [2.45, 2.75) is 25.9 Å². The molecule has 120 valence electrons. The lowest BCUT2D eigenvalue weighted by Crippen LogP contribution is -2.04. The van der Waals surface area contributed by atoms with E-state index >= 15 is 0 Å². The third kappa shape index (κ3) is 5.58. The largest absolute Gasteiger partial charge is 0.489 e. The molecule has 4 nitrogen and oxygen atoms in total. The van der Waals surface area contributed by atoms with Gasteiger partial charge in [0.2, 0.25) is 0 Å². The monoisotopic (exact) mass is 312 g/mol. The molecular formula is C19H20O4. The van der Waals surface area contributed by atoms with Gasteiger partial charge in [-0.3, -0.25) is 9.59 Å². The SMILES string of the molecule is COC(=O)CCCC(=O)c1cccc(OCc2ccccc2)c1. The van der Waals surface area contributed by atoms with Gasteiger partial charge in [0.25, 0.3) is 0 Å². The fraction of sp³-hybridized carbons (Fsp3) is 0.263. The lowest BCUT2D eigenvalue weighted by molar-refractivity contribution is -0.140. The molecule has 0 radical (unpaired) electrons. The standard InChI is InChI=1S/C19H20O4/c1-22-19(21)12-6-11-18(20)16-9-5-10-17(13-16)23-14-15-7-3-2-4-8-15/h2-5,7-10,13H,6,11-12,14H2,1H3. The summed E-state index contributed by atoms with van der Waals surface area (Å²) in [6, 6.07) is 17.0. The Balaban J connectivity index is 1.88. The Hall–Kier alpha value is -2.62. The number of methoxy groups -OCH3 is 1.